The average Bonchev–Trinajstić information content (AvgIpc) is 2.69. The lowest BCUT2D eigenvalue weighted by molar-refractivity contribution is -0.556. The number of nitrogens with two attached hydrogens (primary N) is 1. The molecule has 15 nitrogen and oxygen atoms in total. The topological polar surface area (TPSA) is 265 Å². The molecular formula is C16H21N6O9-. The molecule has 1 aliphatic carbocycles. The first kappa shape index (κ1) is 26.9. The van der Waals surface area contributed by atoms with Crippen LogP contribution in [0.15, 0.2) is 39.6 Å². The van der Waals surface area contributed by atoms with Crippen LogP contribution in [0, 0.1) is 11.1 Å². The number of carbonyl (C=O) groups is 3. The van der Waals surface area contributed by atoms with Gasteiger partial charge in [0.15, 0.2) is 11.3 Å². The Balaban J connectivity index is 0.000000588. The molecule has 170 valence electrons. The number of carbonyl (C=O) groups excluding carboxylic acids is 1. The normalized spacial score (nSPS) is 21.1. The number of Topliss-reactive ketones (excluding diaryl/α,β-unsaturated/α-hetero) is 1. The number of nitrogens with zero attached hydrogens (tertiary/aromatic N) is 5. The molecule has 2 aliphatic rings. The number of hydroxylamine groups is 1. The molecule has 0 spiro atoms. The van der Waals surface area contributed by atoms with Crippen LogP contribution >= 0.6 is 0 Å². The third-order valence-electron chi connectivity index (χ3n) is 4.30. The summed E-state index contributed by atoms with van der Waals surface area (Å²) in [6, 6.07) is -1.33. The maximum Gasteiger partial charge on any atom is 0.343 e. The van der Waals surface area contributed by atoms with Crippen molar-refractivity contribution < 1.29 is 44.5 Å². The van der Waals surface area contributed by atoms with E-state index in [1.165, 1.54) is 11.2 Å². The lowest BCUT2D eigenvalue weighted by atomic mass is 9.78. The first-order valence-corrected chi connectivity index (χ1v) is 8.40. The molecule has 0 aromatic rings. The van der Waals surface area contributed by atoms with Gasteiger partial charge in [0.1, 0.15) is 17.4 Å². The number of carboxylic acids is 2. The fourth-order valence-corrected chi connectivity index (χ4v) is 2.59. The second-order valence-electron chi connectivity index (χ2n) is 6.22. The van der Waals surface area contributed by atoms with Gasteiger partial charge in [-0.3, -0.25) is 14.5 Å². The molecule has 0 amide bonds. The highest BCUT2D eigenvalue weighted by molar-refractivity contribution is 6.26. The van der Waals surface area contributed by atoms with Gasteiger partial charge in [-0.2, -0.15) is 0 Å². The first-order valence-electron chi connectivity index (χ1n) is 8.40. The molecule has 0 unspecified atom stereocenters. The fourth-order valence-electron chi connectivity index (χ4n) is 2.59. The molecule has 1 heterocycles. The summed E-state index contributed by atoms with van der Waals surface area (Å²) < 4.78 is 5.33. The number of carboxylic acid groups (broad SMARTS) is 2. The number of fused-ring (bicyclic) bond motifs is 1. The maximum atomic E-state index is 12.0. The minimum atomic E-state index is -1.43. The van der Waals surface area contributed by atoms with E-state index in [2.05, 4.69) is 5.28 Å². The molecule has 15 heteroatoms. The smallest absolute Gasteiger partial charge is 0.343 e. The van der Waals surface area contributed by atoms with E-state index < -0.39 is 41.6 Å². The van der Waals surface area contributed by atoms with Gasteiger partial charge in [0.2, 0.25) is 12.3 Å². The monoisotopic (exact) mass is 441 g/mol. The summed E-state index contributed by atoms with van der Waals surface area (Å²) in [4.78, 5) is 34.3. The lowest BCUT2D eigenvalue weighted by Gasteiger charge is -2.32. The van der Waals surface area contributed by atoms with E-state index in [4.69, 9.17) is 37.0 Å². The summed E-state index contributed by atoms with van der Waals surface area (Å²) in [6.07, 6.45) is 1.17. The zero-order valence-corrected chi connectivity index (χ0v) is 16.7. The van der Waals surface area contributed by atoms with Crippen molar-refractivity contribution in [3.8, 4) is 0 Å². The van der Waals surface area contributed by atoms with Crippen LogP contribution in [0.4, 0.5) is 0 Å². The second kappa shape index (κ2) is 11.8. The van der Waals surface area contributed by atoms with Gasteiger partial charge in [-0.15, -0.1) is 0 Å². The van der Waals surface area contributed by atoms with Crippen LogP contribution in [-0.4, -0.2) is 61.8 Å². The highest BCUT2D eigenvalue weighted by Crippen LogP contribution is 2.39. The minimum absolute atomic E-state index is 0.0774. The van der Waals surface area contributed by atoms with Crippen molar-refractivity contribution in [2.45, 2.75) is 32.9 Å². The van der Waals surface area contributed by atoms with E-state index in [1.54, 1.807) is 6.92 Å². The third kappa shape index (κ3) is 6.73. The molecule has 6 N–H and O–H groups in total. The summed E-state index contributed by atoms with van der Waals surface area (Å²) in [5.41, 5.74) is 19.1. The van der Waals surface area contributed by atoms with Crippen LogP contribution in [0.3, 0.4) is 0 Å². The Morgan fingerprint density at radius 2 is 1.90 bits per heavy atom. The van der Waals surface area contributed by atoms with Crippen LogP contribution in [0.2, 0.25) is 0 Å². The number of allylic oxidation sites excluding steroid dienone is 2. The molecule has 1 aliphatic heterocycles. The number of hydrogen-bond acceptors (Lipinski definition) is 8. The summed E-state index contributed by atoms with van der Waals surface area (Å²) >= 11 is 0. The second-order valence-corrected chi connectivity index (χ2v) is 6.22. The van der Waals surface area contributed by atoms with Crippen molar-refractivity contribution in [1.82, 2.24) is 0 Å². The Kier molecular flexibility index (Phi) is 10.2. The Bertz CT molecular complexity index is 899. The number of rotatable bonds is 4. The van der Waals surface area contributed by atoms with Crippen molar-refractivity contribution in [2.75, 3.05) is 6.54 Å². The Hall–Kier alpha value is -4.10. The quantitative estimate of drug-likeness (QED) is 0.104. The summed E-state index contributed by atoms with van der Waals surface area (Å²) in [5.74, 6) is -3.96. The molecule has 2 rings (SSSR count). The third-order valence-corrected chi connectivity index (χ3v) is 4.30. The van der Waals surface area contributed by atoms with Gasteiger partial charge < -0.3 is 47.3 Å². The van der Waals surface area contributed by atoms with Gasteiger partial charge in [0, 0.05) is 5.92 Å². The number of aliphatic carboxylic acids is 2. The molecule has 0 bridgehead atoms. The van der Waals surface area contributed by atoms with Crippen LogP contribution in [-0.2, 0) is 19.1 Å². The number of aliphatic hydroxyl groups excluding tert-OH is 1. The van der Waals surface area contributed by atoms with Crippen LogP contribution in [0.5, 0.6) is 0 Å². The maximum absolute atomic E-state index is 12.0. The van der Waals surface area contributed by atoms with E-state index in [1.807, 2.05) is 13.8 Å². The SMILES string of the molecule is CC1=C2C(=CO[C@H](C)[C@H]2C)C(=O)C(C(=O)O)=C1O.N[C@@H](C[N+]([O-])=NO)C(=O)O.[N-]=[N+]=[N-]. The lowest BCUT2D eigenvalue weighted by Crippen LogP contribution is -2.37. The molecule has 0 aromatic heterocycles. The summed E-state index contributed by atoms with van der Waals surface area (Å²) in [5, 5.41) is 46.9. The largest absolute Gasteiger partial charge is 0.597 e. The van der Waals surface area contributed by atoms with E-state index in [0.29, 0.717) is 11.1 Å². The van der Waals surface area contributed by atoms with Crippen molar-refractivity contribution in [1.29, 1.82) is 0 Å². The highest BCUT2D eigenvalue weighted by Gasteiger charge is 2.39. The fraction of sp³-hybridized carbons (Fsp3) is 0.438. The van der Waals surface area contributed by atoms with Gasteiger partial charge in [-0.1, -0.05) is 11.8 Å². The standard InChI is InChI=1S/C13H14O5.C3H7N3O4.N3/c1-5-7(3)18-4-8-9(5)6(2)11(14)10(12(8)15)13(16)17;4-2(3(7)8)1-6(10)5-9;1-3-2/h4-5,7,14H,1-3H3,(H,16,17);2,9H,1,4H2,(H,7,8);/q;;-1/t5-,7-;2-;/m10./s1. The zero-order valence-electron chi connectivity index (χ0n) is 16.7. The Morgan fingerprint density at radius 1 is 1.39 bits per heavy atom. The van der Waals surface area contributed by atoms with Crippen molar-refractivity contribution >= 4 is 17.7 Å². The molecule has 31 heavy (non-hydrogen) atoms. The van der Waals surface area contributed by atoms with Crippen LogP contribution < -0.4 is 5.73 Å². The minimum Gasteiger partial charge on any atom is -0.597 e. The summed E-state index contributed by atoms with van der Waals surface area (Å²) in [7, 11) is 0. The van der Waals surface area contributed by atoms with Gasteiger partial charge >= 0.3 is 11.9 Å². The molecule has 0 saturated heterocycles. The number of ketones is 1. The summed E-state index contributed by atoms with van der Waals surface area (Å²) in [6.45, 7) is 4.78. The molecule has 3 atom stereocenters. The highest BCUT2D eigenvalue weighted by atomic mass is 16.6. The molecule has 0 aromatic carbocycles. The predicted octanol–water partition coefficient (Wildman–Crippen LogP) is 1.34. The van der Waals surface area contributed by atoms with E-state index in [9.17, 15) is 24.7 Å². The Labute approximate surface area is 175 Å². The van der Waals surface area contributed by atoms with Gasteiger partial charge in [0.05, 0.1) is 11.8 Å². The first-order chi connectivity index (χ1) is 14.3. The number of ether oxygens (including phenoxy) is 1. The Morgan fingerprint density at radius 3 is 2.32 bits per heavy atom. The number of aliphatic hydroxyl groups is 1. The van der Waals surface area contributed by atoms with Gasteiger partial charge in [-0.05, 0) is 25.0 Å². The number of hydrogen-bond donors (Lipinski definition) is 5. The molecule has 0 saturated carbocycles. The average molecular weight is 441 g/mol. The molecule has 0 radical (unpaired) electrons. The van der Waals surface area contributed by atoms with Gasteiger partial charge in [0.25, 0.3) is 0 Å². The van der Waals surface area contributed by atoms with Gasteiger partial charge in [-0.25, -0.2) is 4.79 Å². The van der Waals surface area contributed by atoms with Crippen molar-refractivity contribution in [3.63, 3.8) is 0 Å². The van der Waals surface area contributed by atoms with Crippen molar-refractivity contribution in [2.24, 2.45) is 16.9 Å². The molecule has 0 fully saturated rings. The van der Waals surface area contributed by atoms with Crippen LogP contribution in [0.1, 0.15) is 20.8 Å². The van der Waals surface area contributed by atoms with Crippen molar-refractivity contribution in [3.05, 3.63) is 55.5 Å². The zero-order chi connectivity index (χ0) is 24.5. The van der Waals surface area contributed by atoms with Crippen LogP contribution in [0.25, 0.3) is 16.0 Å². The van der Waals surface area contributed by atoms with E-state index >= 15 is 0 Å². The van der Waals surface area contributed by atoms with E-state index in [0.717, 1.165) is 0 Å². The predicted molar refractivity (Wildman–Crippen MR) is 101 cm³/mol. The van der Waals surface area contributed by atoms with E-state index in [-0.39, 0.29) is 22.5 Å². The molecular weight excluding hydrogens is 420 g/mol.